The molecule has 0 radical (unpaired) electrons. The predicted molar refractivity (Wildman–Crippen MR) is 146 cm³/mol. The lowest BCUT2D eigenvalue weighted by atomic mass is 10.1. The van der Waals surface area contributed by atoms with Crippen molar-refractivity contribution in [3.63, 3.8) is 0 Å². The van der Waals surface area contributed by atoms with Crippen molar-refractivity contribution >= 4 is 44.9 Å². The number of fused-ring (bicyclic) bond motifs is 2. The first-order chi connectivity index (χ1) is 18.0. The van der Waals surface area contributed by atoms with Gasteiger partial charge in [0.1, 0.15) is 17.2 Å². The number of hydrogen-bond donors (Lipinski definition) is 3. The molecular formula is C27H22N8OS. The number of thiophene rings is 1. The van der Waals surface area contributed by atoms with Crippen LogP contribution in [0.1, 0.15) is 16.6 Å². The summed E-state index contributed by atoms with van der Waals surface area (Å²) in [5.74, 6) is 0.904. The van der Waals surface area contributed by atoms with E-state index >= 15 is 0 Å². The molecule has 1 aliphatic rings. The van der Waals surface area contributed by atoms with Gasteiger partial charge in [0.15, 0.2) is 5.78 Å². The van der Waals surface area contributed by atoms with E-state index in [4.69, 9.17) is 10.7 Å². The summed E-state index contributed by atoms with van der Waals surface area (Å²) < 4.78 is 0. The van der Waals surface area contributed by atoms with Gasteiger partial charge in [0.25, 0.3) is 0 Å². The van der Waals surface area contributed by atoms with Crippen LogP contribution in [0.4, 0.5) is 5.82 Å². The van der Waals surface area contributed by atoms with Gasteiger partial charge in [-0.1, -0.05) is 6.07 Å². The van der Waals surface area contributed by atoms with Crippen LogP contribution in [-0.4, -0.2) is 55.0 Å². The number of hydrogen-bond acceptors (Lipinski definition) is 8. The standard InChI is InChI=1S/C27H22N8OS/c1-14(36)23-4-5-24(37-23)17-6-7-30-27-18(17)9-21(32-27)26-19-8-15(2-3-20(19)33-34-26)22-10-29-11-25(31-22)35-12-16(28)13-35/h2-11,16H,12-13,28H2,1H3,(H,30,32)(H,33,34). The maximum absolute atomic E-state index is 11.8. The van der Waals surface area contributed by atoms with E-state index in [9.17, 15) is 4.79 Å². The van der Waals surface area contributed by atoms with E-state index < -0.39 is 0 Å². The first kappa shape index (κ1) is 21.8. The third-order valence-electron chi connectivity index (χ3n) is 6.72. The summed E-state index contributed by atoms with van der Waals surface area (Å²) in [6.07, 6.45) is 5.33. The molecule has 5 aromatic heterocycles. The number of benzene rings is 1. The highest BCUT2D eigenvalue weighted by Gasteiger charge is 2.24. The average molecular weight is 507 g/mol. The van der Waals surface area contributed by atoms with Crippen molar-refractivity contribution in [3.05, 3.63) is 65.9 Å². The van der Waals surface area contributed by atoms with Crippen LogP contribution in [0, 0.1) is 0 Å². The number of nitrogens with one attached hydrogen (secondary N) is 2. The molecule has 1 saturated heterocycles. The largest absolute Gasteiger partial charge is 0.352 e. The molecule has 7 rings (SSSR count). The van der Waals surface area contributed by atoms with Crippen LogP contribution in [-0.2, 0) is 0 Å². The van der Waals surface area contributed by atoms with E-state index in [0.717, 1.165) is 78.8 Å². The van der Waals surface area contributed by atoms with E-state index in [1.807, 2.05) is 30.3 Å². The Bertz CT molecular complexity index is 1810. The Labute approximate surface area is 215 Å². The van der Waals surface area contributed by atoms with Crippen LogP contribution in [0.25, 0.3) is 55.0 Å². The molecule has 0 spiro atoms. The Morgan fingerprint density at radius 1 is 1.11 bits per heavy atom. The highest BCUT2D eigenvalue weighted by molar-refractivity contribution is 7.17. The fourth-order valence-electron chi connectivity index (χ4n) is 4.77. The number of H-pyrrole nitrogens is 2. The van der Waals surface area contributed by atoms with Gasteiger partial charge in [-0.25, -0.2) is 9.97 Å². The van der Waals surface area contributed by atoms with Crippen LogP contribution in [0.3, 0.4) is 0 Å². The van der Waals surface area contributed by atoms with Crippen molar-refractivity contribution in [2.45, 2.75) is 13.0 Å². The maximum atomic E-state index is 11.8. The Morgan fingerprint density at radius 3 is 2.81 bits per heavy atom. The Hall–Kier alpha value is -4.41. The third kappa shape index (κ3) is 3.69. The molecule has 1 aliphatic heterocycles. The average Bonchev–Trinajstić information content (AvgIpc) is 3.64. The molecule has 0 amide bonds. The van der Waals surface area contributed by atoms with Gasteiger partial charge >= 0.3 is 0 Å². The topological polar surface area (TPSA) is 129 Å². The highest BCUT2D eigenvalue weighted by atomic mass is 32.1. The zero-order valence-electron chi connectivity index (χ0n) is 19.9. The van der Waals surface area contributed by atoms with Crippen LogP contribution in [0.5, 0.6) is 0 Å². The van der Waals surface area contributed by atoms with Crippen LogP contribution < -0.4 is 10.6 Å². The molecular weight excluding hydrogens is 484 g/mol. The summed E-state index contributed by atoms with van der Waals surface area (Å²) in [5.41, 5.74) is 12.1. The van der Waals surface area contributed by atoms with Crippen molar-refractivity contribution in [3.8, 4) is 33.1 Å². The smallest absolute Gasteiger partial charge is 0.169 e. The molecule has 6 aromatic rings. The Kier molecular flexibility index (Phi) is 4.91. The number of nitrogens with two attached hydrogens (primary N) is 1. The summed E-state index contributed by atoms with van der Waals surface area (Å²) in [5, 5.41) is 9.71. The highest BCUT2D eigenvalue weighted by Crippen LogP contribution is 2.37. The number of anilines is 1. The van der Waals surface area contributed by atoms with Gasteiger partial charge in [0.2, 0.25) is 0 Å². The minimum Gasteiger partial charge on any atom is -0.352 e. The van der Waals surface area contributed by atoms with E-state index in [1.54, 1.807) is 25.5 Å². The van der Waals surface area contributed by atoms with Crippen LogP contribution in [0.2, 0.25) is 0 Å². The van der Waals surface area contributed by atoms with Gasteiger partial charge in [0.05, 0.1) is 34.2 Å². The lowest BCUT2D eigenvalue weighted by Crippen LogP contribution is -2.56. The number of aromatic amines is 2. The zero-order chi connectivity index (χ0) is 25.1. The van der Waals surface area contributed by atoms with E-state index in [2.05, 4.69) is 42.2 Å². The second kappa shape index (κ2) is 8.32. The van der Waals surface area contributed by atoms with Crippen molar-refractivity contribution in [1.29, 1.82) is 0 Å². The molecule has 0 atom stereocenters. The molecule has 0 unspecified atom stereocenters. The summed E-state index contributed by atoms with van der Waals surface area (Å²) in [4.78, 5) is 32.9. The molecule has 1 aromatic carbocycles. The second-order valence-corrected chi connectivity index (χ2v) is 10.4. The summed E-state index contributed by atoms with van der Waals surface area (Å²) >= 11 is 1.49. The number of nitrogens with zero attached hydrogens (tertiary/aromatic N) is 5. The zero-order valence-corrected chi connectivity index (χ0v) is 20.7. The van der Waals surface area contributed by atoms with Gasteiger partial charge in [-0.3, -0.25) is 14.9 Å². The summed E-state index contributed by atoms with van der Waals surface area (Å²) in [6.45, 7) is 3.17. The van der Waals surface area contributed by atoms with Crippen molar-refractivity contribution in [1.82, 2.24) is 30.1 Å². The molecule has 1 fully saturated rings. The maximum Gasteiger partial charge on any atom is 0.169 e. The van der Waals surface area contributed by atoms with Crippen molar-refractivity contribution in [2.75, 3.05) is 18.0 Å². The molecule has 9 nitrogen and oxygen atoms in total. The quantitative estimate of drug-likeness (QED) is 0.290. The summed E-state index contributed by atoms with van der Waals surface area (Å²) in [6, 6.07) is 14.2. The Balaban J connectivity index is 1.29. The number of rotatable bonds is 5. The molecule has 0 saturated carbocycles. The van der Waals surface area contributed by atoms with Crippen molar-refractivity contribution in [2.24, 2.45) is 5.73 Å². The molecule has 4 N–H and O–H groups in total. The molecule has 182 valence electrons. The molecule has 6 heterocycles. The van der Waals surface area contributed by atoms with Crippen molar-refractivity contribution < 1.29 is 4.79 Å². The lowest BCUT2D eigenvalue weighted by molar-refractivity contribution is 0.102. The Morgan fingerprint density at radius 2 is 2.00 bits per heavy atom. The van der Waals surface area contributed by atoms with Crippen LogP contribution in [0.15, 0.2) is 61.1 Å². The minimum atomic E-state index is 0.0683. The number of pyridine rings is 1. The number of ketones is 1. The number of carbonyl (C=O) groups excluding carboxylic acids is 1. The van der Waals surface area contributed by atoms with E-state index in [0.29, 0.717) is 0 Å². The molecule has 37 heavy (non-hydrogen) atoms. The minimum absolute atomic E-state index is 0.0683. The third-order valence-corrected chi connectivity index (χ3v) is 7.94. The number of aromatic nitrogens is 6. The molecule has 0 aliphatic carbocycles. The fourth-order valence-corrected chi connectivity index (χ4v) is 5.71. The first-order valence-corrected chi connectivity index (χ1v) is 12.8. The van der Waals surface area contributed by atoms with Gasteiger partial charge in [0, 0.05) is 52.1 Å². The van der Waals surface area contributed by atoms with Crippen LogP contribution >= 0.6 is 11.3 Å². The second-order valence-electron chi connectivity index (χ2n) is 9.28. The lowest BCUT2D eigenvalue weighted by Gasteiger charge is -2.37. The number of Topliss-reactive ketones (excluding diaryl/α,β-unsaturated/α-hetero) is 1. The SMILES string of the molecule is CC(=O)c1ccc(-c2ccnc3[nH]c(-c4n[nH]c5ccc(-c6cncc(N7CC(N)C7)n6)cc45)cc23)s1. The van der Waals surface area contributed by atoms with Gasteiger partial charge in [-0.15, -0.1) is 11.3 Å². The van der Waals surface area contributed by atoms with Gasteiger partial charge < -0.3 is 15.6 Å². The fraction of sp³-hybridized carbons (Fsp3) is 0.148. The number of carbonyl (C=O) groups is 1. The molecule has 10 heteroatoms. The van der Waals surface area contributed by atoms with E-state index in [-0.39, 0.29) is 11.8 Å². The van der Waals surface area contributed by atoms with Gasteiger partial charge in [-0.05, 0) is 43.3 Å². The predicted octanol–water partition coefficient (Wildman–Crippen LogP) is 4.64. The normalized spacial score (nSPS) is 13.9. The monoisotopic (exact) mass is 506 g/mol. The molecule has 0 bridgehead atoms. The summed E-state index contributed by atoms with van der Waals surface area (Å²) in [7, 11) is 0. The van der Waals surface area contributed by atoms with E-state index in [1.165, 1.54) is 11.3 Å². The van der Waals surface area contributed by atoms with Gasteiger partial charge in [-0.2, -0.15) is 5.10 Å². The first-order valence-electron chi connectivity index (χ1n) is 11.9.